The van der Waals surface area contributed by atoms with Crippen molar-refractivity contribution in [3.05, 3.63) is 64.0 Å². The molecule has 0 radical (unpaired) electrons. The van der Waals surface area contributed by atoms with E-state index in [2.05, 4.69) is 17.4 Å². The van der Waals surface area contributed by atoms with Gasteiger partial charge in [-0.15, -0.1) is 11.3 Å². The number of amides is 1. The highest BCUT2D eigenvalue weighted by Gasteiger charge is 2.23. The molecule has 0 bridgehead atoms. The summed E-state index contributed by atoms with van der Waals surface area (Å²) in [7, 11) is 1.70. The lowest BCUT2D eigenvalue weighted by molar-refractivity contribution is 0.102. The van der Waals surface area contributed by atoms with Crippen molar-refractivity contribution in [3.63, 3.8) is 0 Å². The fourth-order valence-electron chi connectivity index (χ4n) is 3.17. The Hall–Kier alpha value is -2.66. The summed E-state index contributed by atoms with van der Waals surface area (Å²) in [6.45, 7) is 2.04. The number of anilines is 1. The molecule has 1 aromatic heterocycles. The molecule has 2 aromatic carbocycles. The fraction of sp³-hybridized carbons (Fsp3) is 0.200. The number of aryl methyl sites for hydroxylation is 3. The van der Waals surface area contributed by atoms with Gasteiger partial charge in [-0.2, -0.15) is 0 Å². The van der Waals surface area contributed by atoms with E-state index in [0.29, 0.717) is 10.7 Å². The number of hydrogen-bond donors (Lipinski definition) is 1. The monoisotopic (exact) mass is 350 g/mol. The minimum atomic E-state index is -0.127. The summed E-state index contributed by atoms with van der Waals surface area (Å²) in [4.78, 5) is 18.3. The molecule has 1 aliphatic carbocycles. The second-order valence-electron chi connectivity index (χ2n) is 6.09. The van der Waals surface area contributed by atoms with Gasteiger partial charge in [-0.25, -0.2) is 4.98 Å². The van der Waals surface area contributed by atoms with E-state index in [9.17, 15) is 4.79 Å². The number of fused-ring (bicyclic) bond motifs is 3. The van der Waals surface area contributed by atoms with Crippen LogP contribution in [0.25, 0.3) is 11.3 Å². The SMILES string of the molecule is COc1cc2c(cc1C)-c1nc(NC(=O)c3ccccc3)sc1CC2. The molecule has 4 rings (SSSR count). The largest absolute Gasteiger partial charge is 0.496 e. The van der Waals surface area contributed by atoms with Gasteiger partial charge in [0.15, 0.2) is 5.13 Å². The van der Waals surface area contributed by atoms with Crippen LogP contribution < -0.4 is 10.1 Å². The van der Waals surface area contributed by atoms with Crippen molar-refractivity contribution in [1.82, 2.24) is 4.98 Å². The van der Waals surface area contributed by atoms with Crippen LogP contribution >= 0.6 is 11.3 Å². The summed E-state index contributed by atoms with van der Waals surface area (Å²) in [5, 5.41) is 3.58. The zero-order valence-electron chi connectivity index (χ0n) is 14.1. The van der Waals surface area contributed by atoms with Gasteiger partial charge in [0.05, 0.1) is 12.8 Å². The van der Waals surface area contributed by atoms with E-state index in [1.807, 2.05) is 25.1 Å². The normalized spacial score (nSPS) is 12.2. The lowest BCUT2D eigenvalue weighted by Gasteiger charge is -2.17. The summed E-state index contributed by atoms with van der Waals surface area (Å²) in [5.74, 6) is 0.785. The molecule has 25 heavy (non-hydrogen) atoms. The number of aromatic nitrogens is 1. The van der Waals surface area contributed by atoms with E-state index in [4.69, 9.17) is 9.72 Å². The Labute approximate surface area is 150 Å². The Kier molecular flexibility index (Phi) is 4.01. The van der Waals surface area contributed by atoms with Gasteiger partial charge in [0.1, 0.15) is 5.75 Å². The maximum atomic E-state index is 12.3. The standard InChI is InChI=1S/C20H18N2O2S/c1-12-10-15-14(11-16(12)24-2)8-9-17-18(15)21-20(25-17)22-19(23)13-6-4-3-5-7-13/h3-7,10-11H,8-9H2,1-2H3,(H,21,22,23). The molecular formula is C20H18N2O2S. The molecule has 0 saturated carbocycles. The van der Waals surface area contributed by atoms with E-state index >= 15 is 0 Å². The number of ether oxygens (including phenoxy) is 1. The van der Waals surface area contributed by atoms with Crippen molar-refractivity contribution < 1.29 is 9.53 Å². The molecular weight excluding hydrogens is 332 g/mol. The van der Waals surface area contributed by atoms with Gasteiger partial charge in [-0.1, -0.05) is 18.2 Å². The number of nitrogens with zero attached hydrogens (tertiary/aromatic N) is 1. The van der Waals surface area contributed by atoms with Gasteiger partial charge in [0, 0.05) is 16.0 Å². The second kappa shape index (κ2) is 6.33. The summed E-state index contributed by atoms with van der Waals surface area (Å²) in [5.41, 5.74) is 5.12. The van der Waals surface area contributed by atoms with Crippen LogP contribution in [0.4, 0.5) is 5.13 Å². The first kappa shape index (κ1) is 15.8. The van der Waals surface area contributed by atoms with E-state index in [-0.39, 0.29) is 5.91 Å². The molecule has 0 atom stereocenters. The Balaban J connectivity index is 1.66. The van der Waals surface area contributed by atoms with Gasteiger partial charge >= 0.3 is 0 Å². The summed E-state index contributed by atoms with van der Waals surface area (Å²) >= 11 is 1.56. The van der Waals surface area contributed by atoms with Crippen LogP contribution in [0.15, 0.2) is 42.5 Å². The minimum absolute atomic E-state index is 0.127. The lowest BCUT2D eigenvalue weighted by atomic mass is 9.91. The number of hydrogen-bond acceptors (Lipinski definition) is 4. The molecule has 5 heteroatoms. The Bertz CT molecular complexity index is 948. The molecule has 3 aromatic rings. The molecule has 0 aliphatic heterocycles. The number of rotatable bonds is 3. The summed E-state index contributed by atoms with van der Waals surface area (Å²) < 4.78 is 5.43. The number of nitrogens with one attached hydrogen (secondary N) is 1. The maximum Gasteiger partial charge on any atom is 0.257 e. The van der Waals surface area contributed by atoms with E-state index < -0.39 is 0 Å². The van der Waals surface area contributed by atoms with Crippen molar-refractivity contribution in [3.8, 4) is 17.0 Å². The topological polar surface area (TPSA) is 51.2 Å². The molecule has 0 saturated heterocycles. The summed E-state index contributed by atoms with van der Waals surface area (Å²) in [6, 6.07) is 13.4. The van der Waals surface area contributed by atoms with Crippen LogP contribution in [0.1, 0.15) is 26.4 Å². The molecule has 0 spiro atoms. The molecule has 1 amide bonds. The maximum absolute atomic E-state index is 12.3. The number of benzene rings is 2. The zero-order valence-corrected chi connectivity index (χ0v) is 14.9. The number of carbonyl (C=O) groups excluding carboxylic acids is 1. The van der Waals surface area contributed by atoms with Crippen molar-refractivity contribution in [2.45, 2.75) is 19.8 Å². The fourth-order valence-corrected chi connectivity index (χ4v) is 4.14. The molecule has 0 fully saturated rings. The first-order valence-electron chi connectivity index (χ1n) is 8.19. The average Bonchev–Trinajstić information content (AvgIpc) is 3.05. The Morgan fingerprint density at radius 2 is 2.00 bits per heavy atom. The van der Waals surface area contributed by atoms with Crippen LogP contribution in [0.3, 0.4) is 0 Å². The van der Waals surface area contributed by atoms with Crippen molar-refractivity contribution in [1.29, 1.82) is 0 Å². The molecule has 1 heterocycles. The Morgan fingerprint density at radius 3 is 2.76 bits per heavy atom. The highest BCUT2D eigenvalue weighted by atomic mass is 32.1. The molecule has 1 aliphatic rings. The predicted octanol–water partition coefficient (Wildman–Crippen LogP) is 4.48. The lowest BCUT2D eigenvalue weighted by Crippen LogP contribution is -2.11. The quantitative estimate of drug-likeness (QED) is 0.758. The van der Waals surface area contributed by atoms with E-state index in [1.165, 1.54) is 10.4 Å². The van der Waals surface area contributed by atoms with Crippen LogP contribution in [0.5, 0.6) is 5.75 Å². The zero-order chi connectivity index (χ0) is 17.4. The number of methoxy groups -OCH3 is 1. The molecule has 1 N–H and O–H groups in total. The minimum Gasteiger partial charge on any atom is -0.496 e. The highest BCUT2D eigenvalue weighted by molar-refractivity contribution is 7.16. The second-order valence-corrected chi connectivity index (χ2v) is 7.17. The third-order valence-corrected chi connectivity index (χ3v) is 5.48. The van der Waals surface area contributed by atoms with Crippen LogP contribution in [0, 0.1) is 6.92 Å². The third-order valence-electron chi connectivity index (χ3n) is 4.45. The molecule has 126 valence electrons. The number of carbonyl (C=O) groups is 1. The summed E-state index contributed by atoms with van der Waals surface area (Å²) in [6.07, 6.45) is 1.90. The molecule has 0 unspecified atom stereocenters. The van der Waals surface area contributed by atoms with E-state index in [1.54, 1.807) is 30.6 Å². The van der Waals surface area contributed by atoms with Gasteiger partial charge < -0.3 is 4.74 Å². The van der Waals surface area contributed by atoms with Gasteiger partial charge in [-0.05, 0) is 55.2 Å². The number of thiazole rings is 1. The van der Waals surface area contributed by atoms with E-state index in [0.717, 1.165) is 35.4 Å². The smallest absolute Gasteiger partial charge is 0.257 e. The van der Waals surface area contributed by atoms with Crippen LogP contribution in [-0.2, 0) is 12.8 Å². The first-order valence-corrected chi connectivity index (χ1v) is 9.01. The van der Waals surface area contributed by atoms with Crippen LogP contribution in [-0.4, -0.2) is 18.0 Å². The van der Waals surface area contributed by atoms with Gasteiger partial charge in [0.2, 0.25) is 0 Å². The average molecular weight is 350 g/mol. The Morgan fingerprint density at radius 1 is 1.20 bits per heavy atom. The van der Waals surface area contributed by atoms with Crippen molar-refractivity contribution in [2.75, 3.05) is 12.4 Å². The van der Waals surface area contributed by atoms with Gasteiger partial charge in [0.25, 0.3) is 5.91 Å². The third kappa shape index (κ3) is 2.91. The van der Waals surface area contributed by atoms with Crippen molar-refractivity contribution >= 4 is 22.4 Å². The van der Waals surface area contributed by atoms with Crippen LogP contribution in [0.2, 0.25) is 0 Å². The predicted molar refractivity (Wildman–Crippen MR) is 101 cm³/mol. The van der Waals surface area contributed by atoms with Crippen molar-refractivity contribution in [2.24, 2.45) is 0 Å². The highest BCUT2D eigenvalue weighted by Crippen LogP contribution is 2.40. The molecule has 4 nitrogen and oxygen atoms in total. The van der Waals surface area contributed by atoms with Gasteiger partial charge in [-0.3, -0.25) is 10.1 Å². The first-order chi connectivity index (χ1) is 12.2.